The second-order valence-electron chi connectivity index (χ2n) is 8.78. The average Bonchev–Trinajstić information content (AvgIpc) is 2.77. The molecule has 9 nitrogen and oxygen atoms in total. The number of carbonyl (C=O) groups excluding carboxylic acids is 2. The molecule has 0 aliphatic carbocycles. The number of nitrogens with one attached hydrogen (secondary N) is 2. The standard InChI is InChI=1S/C23H30N4O5S/c1-23(2,3)32-22(30)27-10-8-14(9-11-27)16-7-6-15(12-18(16)31-4)24-19-17(13-28)20(29)26-21(25-19)33-5/h6-7,12-14H,8-11H2,1-5H3,(H2,24,25,26,29). The van der Waals surface area contributed by atoms with Crippen molar-refractivity contribution in [3.63, 3.8) is 0 Å². The summed E-state index contributed by atoms with van der Waals surface area (Å²) in [4.78, 5) is 44.5. The molecule has 0 unspecified atom stereocenters. The zero-order valence-corrected chi connectivity index (χ0v) is 20.4. The lowest BCUT2D eigenvalue weighted by Crippen LogP contribution is -2.41. The Morgan fingerprint density at radius 1 is 1.30 bits per heavy atom. The van der Waals surface area contributed by atoms with Crippen LogP contribution in [0.3, 0.4) is 0 Å². The molecule has 0 bridgehead atoms. The predicted octanol–water partition coefficient (Wildman–Crippen LogP) is 4.17. The minimum absolute atomic E-state index is 0.0645. The number of aromatic nitrogens is 2. The third-order valence-electron chi connectivity index (χ3n) is 5.33. The number of methoxy groups -OCH3 is 1. The zero-order chi connectivity index (χ0) is 24.2. The predicted molar refractivity (Wildman–Crippen MR) is 128 cm³/mol. The van der Waals surface area contributed by atoms with Crippen molar-refractivity contribution in [1.82, 2.24) is 14.9 Å². The number of rotatable bonds is 6. The van der Waals surface area contributed by atoms with Crippen LogP contribution in [0.15, 0.2) is 28.2 Å². The monoisotopic (exact) mass is 474 g/mol. The molecule has 2 N–H and O–H groups in total. The van der Waals surface area contributed by atoms with E-state index in [1.165, 1.54) is 11.8 Å². The summed E-state index contributed by atoms with van der Waals surface area (Å²) in [5.41, 5.74) is 0.623. The third-order valence-corrected chi connectivity index (χ3v) is 5.91. The Labute approximate surface area is 197 Å². The molecular formula is C23H30N4O5S. The molecule has 1 fully saturated rings. The van der Waals surface area contributed by atoms with E-state index in [-0.39, 0.29) is 23.4 Å². The number of hydrogen-bond donors (Lipinski definition) is 2. The van der Waals surface area contributed by atoms with Gasteiger partial charge in [-0.1, -0.05) is 17.8 Å². The van der Waals surface area contributed by atoms with Crippen LogP contribution < -0.4 is 15.6 Å². The topological polar surface area (TPSA) is 114 Å². The second-order valence-corrected chi connectivity index (χ2v) is 9.57. The number of aromatic amines is 1. The molecule has 1 aliphatic rings. The molecule has 0 radical (unpaired) electrons. The van der Waals surface area contributed by atoms with Gasteiger partial charge in [0, 0.05) is 24.8 Å². The summed E-state index contributed by atoms with van der Waals surface area (Å²) >= 11 is 1.28. The maximum atomic E-state index is 12.3. The van der Waals surface area contributed by atoms with Crippen molar-refractivity contribution in [1.29, 1.82) is 0 Å². The van der Waals surface area contributed by atoms with Crippen molar-refractivity contribution >= 4 is 35.6 Å². The molecule has 2 aromatic rings. The van der Waals surface area contributed by atoms with E-state index in [0.717, 1.165) is 18.4 Å². The van der Waals surface area contributed by atoms with Gasteiger partial charge in [0.15, 0.2) is 11.4 Å². The fourth-order valence-corrected chi connectivity index (χ4v) is 4.10. The van der Waals surface area contributed by atoms with Gasteiger partial charge in [-0.2, -0.15) is 0 Å². The molecule has 0 saturated carbocycles. The highest BCUT2D eigenvalue weighted by Gasteiger charge is 2.28. The zero-order valence-electron chi connectivity index (χ0n) is 19.6. The van der Waals surface area contributed by atoms with Gasteiger partial charge in [0.05, 0.1) is 7.11 Å². The van der Waals surface area contributed by atoms with Crippen molar-refractivity contribution < 1.29 is 19.1 Å². The van der Waals surface area contributed by atoms with Gasteiger partial charge in [0.1, 0.15) is 22.7 Å². The number of likely N-dealkylation sites (tertiary alicyclic amines) is 1. The van der Waals surface area contributed by atoms with Crippen molar-refractivity contribution in [2.75, 3.05) is 31.8 Å². The van der Waals surface area contributed by atoms with Crippen LogP contribution in [0.4, 0.5) is 16.3 Å². The molecular weight excluding hydrogens is 444 g/mol. The van der Waals surface area contributed by atoms with E-state index in [2.05, 4.69) is 15.3 Å². The molecule has 1 aromatic heterocycles. The minimum atomic E-state index is -0.515. The summed E-state index contributed by atoms with van der Waals surface area (Å²) < 4.78 is 11.1. The smallest absolute Gasteiger partial charge is 0.410 e. The Balaban J connectivity index is 1.75. The van der Waals surface area contributed by atoms with Gasteiger partial charge in [0.25, 0.3) is 5.56 Å². The Kier molecular flexibility index (Phi) is 7.68. The van der Waals surface area contributed by atoms with E-state index in [1.54, 1.807) is 18.3 Å². The van der Waals surface area contributed by atoms with Gasteiger partial charge in [-0.05, 0) is 57.4 Å². The van der Waals surface area contributed by atoms with Crippen LogP contribution in [0.2, 0.25) is 0 Å². The highest BCUT2D eigenvalue weighted by molar-refractivity contribution is 7.98. The number of carbonyl (C=O) groups is 2. The maximum Gasteiger partial charge on any atom is 0.410 e. The first-order valence-electron chi connectivity index (χ1n) is 10.7. The first kappa shape index (κ1) is 24.6. The van der Waals surface area contributed by atoms with Crippen LogP contribution in [0, 0.1) is 0 Å². The molecule has 33 heavy (non-hydrogen) atoms. The van der Waals surface area contributed by atoms with Crippen molar-refractivity contribution in [3.8, 4) is 5.75 Å². The normalized spacial score (nSPS) is 14.6. The maximum absolute atomic E-state index is 12.3. The van der Waals surface area contributed by atoms with E-state index in [9.17, 15) is 14.4 Å². The fraction of sp³-hybridized carbons (Fsp3) is 0.478. The number of thioether (sulfide) groups is 1. The van der Waals surface area contributed by atoms with Crippen LogP contribution in [-0.4, -0.2) is 59.3 Å². The van der Waals surface area contributed by atoms with Crippen LogP contribution in [0.1, 0.15) is 55.5 Å². The van der Waals surface area contributed by atoms with E-state index in [0.29, 0.717) is 36.0 Å². The highest BCUT2D eigenvalue weighted by atomic mass is 32.2. The van der Waals surface area contributed by atoms with Crippen molar-refractivity contribution in [2.24, 2.45) is 0 Å². The van der Waals surface area contributed by atoms with Crippen LogP contribution in [0.5, 0.6) is 5.75 Å². The first-order chi connectivity index (χ1) is 15.6. The number of ether oxygens (including phenoxy) is 2. The number of piperidine rings is 1. The number of H-pyrrole nitrogens is 1. The molecule has 0 atom stereocenters. The molecule has 1 aliphatic heterocycles. The van der Waals surface area contributed by atoms with E-state index in [4.69, 9.17) is 9.47 Å². The van der Waals surface area contributed by atoms with Gasteiger partial charge < -0.3 is 24.7 Å². The first-order valence-corrected chi connectivity index (χ1v) is 11.9. The Hall–Kier alpha value is -3.01. The summed E-state index contributed by atoms with van der Waals surface area (Å²) in [5.74, 6) is 1.12. The highest BCUT2D eigenvalue weighted by Crippen LogP contribution is 2.36. The molecule has 10 heteroatoms. The molecule has 2 heterocycles. The molecule has 1 amide bonds. The van der Waals surface area contributed by atoms with Crippen LogP contribution >= 0.6 is 11.8 Å². The number of amides is 1. The van der Waals surface area contributed by atoms with Gasteiger partial charge in [0.2, 0.25) is 0 Å². The molecule has 3 rings (SSSR count). The largest absolute Gasteiger partial charge is 0.496 e. The second kappa shape index (κ2) is 10.3. The molecule has 1 saturated heterocycles. The summed E-state index contributed by atoms with van der Waals surface area (Å²) in [5, 5.41) is 3.47. The van der Waals surface area contributed by atoms with E-state index < -0.39 is 11.2 Å². The quantitative estimate of drug-likeness (QED) is 0.364. The molecule has 0 spiro atoms. The summed E-state index contributed by atoms with van der Waals surface area (Å²) in [6.45, 7) is 6.80. The van der Waals surface area contributed by atoms with E-state index >= 15 is 0 Å². The molecule has 178 valence electrons. The Bertz CT molecular complexity index is 1070. The molecule has 1 aromatic carbocycles. The third kappa shape index (κ3) is 6.07. The Morgan fingerprint density at radius 2 is 2.00 bits per heavy atom. The van der Waals surface area contributed by atoms with Gasteiger partial charge >= 0.3 is 6.09 Å². The lowest BCUT2D eigenvalue weighted by atomic mass is 9.88. The van der Waals surface area contributed by atoms with Gasteiger partial charge in [-0.25, -0.2) is 9.78 Å². The van der Waals surface area contributed by atoms with Crippen molar-refractivity contribution in [3.05, 3.63) is 39.7 Å². The van der Waals surface area contributed by atoms with Gasteiger partial charge in [-0.15, -0.1) is 0 Å². The number of nitrogens with zero attached hydrogens (tertiary/aromatic N) is 2. The van der Waals surface area contributed by atoms with Gasteiger partial charge in [-0.3, -0.25) is 9.59 Å². The summed E-state index contributed by atoms with van der Waals surface area (Å²) in [6, 6.07) is 5.66. The Morgan fingerprint density at radius 3 is 2.58 bits per heavy atom. The fourth-order valence-electron chi connectivity index (χ4n) is 3.73. The lowest BCUT2D eigenvalue weighted by Gasteiger charge is -2.34. The lowest BCUT2D eigenvalue weighted by molar-refractivity contribution is 0.0204. The minimum Gasteiger partial charge on any atom is -0.496 e. The number of aldehydes is 1. The summed E-state index contributed by atoms with van der Waals surface area (Å²) in [6.07, 6.45) is 3.58. The van der Waals surface area contributed by atoms with Crippen LogP contribution in [-0.2, 0) is 4.74 Å². The number of benzene rings is 1. The van der Waals surface area contributed by atoms with E-state index in [1.807, 2.05) is 39.0 Å². The number of anilines is 2. The average molecular weight is 475 g/mol. The SMILES string of the molecule is COc1cc(Nc2nc(SC)[nH]c(=O)c2C=O)ccc1C1CCN(C(=O)OC(C)(C)C)CC1. The number of hydrogen-bond acceptors (Lipinski definition) is 8. The van der Waals surface area contributed by atoms with Crippen molar-refractivity contribution in [2.45, 2.75) is 50.3 Å². The van der Waals surface area contributed by atoms with Crippen LogP contribution in [0.25, 0.3) is 0 Å². The summed E-state index contributed by atoms with van der Waals surface area (Å²) in [7, 11) is 1.60.